The highest BCUT2D eigenvalue weighted by molar-refractivity contribution is 7.89. The summed E-state index contributed by atoms with van der Waals surface area (Å²) in [4.78, 5) is 0.192. The average molecular weight is 304 g/mol. The molecule has 0 aromatic carbocycles. The minimum Gasteiger partial charge on any atom is -0.390 e. The van der Waals surface area contributed by atoms with E-state index in [9.17, 15) is 13.5 Å². The lowest BCUT2D eigenvalue weighted by atomic mass is 10.4. The standard InChI is InChI=1S/C13H24N2O4S/c1-3-7-19-8-5-6-14-20(17,18)13-9-12(11-16)15(4-2)10-13/h9-10,14,16H,3-8,11H2,1-2H3. The molecule has 1 heterocycles. The molecule has 0 amide bonds. The van der Waals surface area contributed by atoms with Crippen LogP contribution in [0.4, 0.5) is 0 Å². The number of aliphatic hydroxyl groups is 1. The summed E-state index contributed by atoms with van der Waals surface area (Å²) in [5, 5.41) is 9.17. The Bertz CT molecular complexity index is 475. The van der Waals surface area contributed by atoms with Gasteiger partial charge in [-0.2, -0.15) is 0 Å². The van der Waals surface area contributed by atoms with E-state index in [1.807, 2.05) is 13.8 Å². The number of hydrogen-bond acceptors (Lipinski definition) is 4. The Labute approximate surface area is 120 Å². The first-order valence-electron chi connectivity index (χ1n) is 6.92. The van der Waals surface area contributed by atoms with Crippen LogP contribution in [0.25, 0.3) is 0 Å². The van der Waals surface area contributed by atoms with E-state index in [-0.39, 0.29) is 11.5 Å². The maximum absolute atomic E-state index is 12.1. The lowest BCUT2D eigenvalue weighted by Gasteiger charge is -2.05. The molecule has 0 radical (unpaired) electrons. The topological polar surface area (TPSA) is 80.6 Å². The molecule has 2 N–H and O–H groups in total. The zero-order valence-corrected chi connectivity index (χ0v) is 12.9. The first-order valence-corrected chi connectivity index (χ1v) is 8.40. The normalized spacial score (nSPS) is 11.9. The molecular weight excluding hydrogens is 280 g/mol. The molecule has 0 aliphatic carbocycles. The summed E-state index contributed by atoms with van der Waals surface area (Å²) in [7, 11) is -3.51. The van der Waals surface area contributed by atoms with Crippen LogP contribution in [0, 0.1) is 0 Å². The molecule has 0 fully saturated rings. The molecule has 6 nitrogen and oxygen atoms in total. The van der Waals surface area contributed by atoms with Gasteiger partial charge < -0.3 is 14.4 Å². The molecule has 0 saturated carbocycles. The van der Waals surface area contributed by atoms with Crippen LogP contribution in [0.1, 0.15) is 32.4 Å². The number of rotatable bonds is 10. The van der Waals surface area contributed by atoms with Crippen LogP contribution in [0.5, 0.6) is 0 Å². The summed E-state index contributed by atoms with van der Waals surface area (Å²) in [6, 6.07) is 1.50. The first-order chi connectivity index (χ1) is 9.55. The summed E-state index contributed by atoms with van der Waals surface area (Å²) in [6.45, 7) is 5.97. The zero-order valence-electron chi connectivity index (χ0n) is 12.1. The van der Waals surface area contributed by atoms with Gasteiger partial charge in [-0.15, -0.1) is 0 Å². The first kappa shape index (κ1) is 17.2. The van der Waals surface area contributed by atoms with E-state index >= 15 is 0 Å². The van der Waals surface area contributed by atoms with Crippen LogP contribution in [-0.2, 0) is 27.9 Å². The maximum atomic E-state index is 12.1. The second-order valence-corrected chi connectivity index (χ2v) is 6.24. The Kier molecular flexibility index (Phi) is 7.22. The van der Waals surface area contributed by atoms with Crippen molar-refractivity contribution in [3.8, 4) is 0 Å². The molecule has 0 unspecified atom stereocenters. The fourth-order valence-corrected chi connectivity index (χ4v) is 2.95. The third-order valence-corrected chi connectivity index (χ3v) is 4.31. The van der Waals surface area contributed by atoms with Gasteiger partial charge in [0.25, 0.3) is 0 Å². The molecule has 0 spiro atoms. The third-order valence-electron chi connectivity index (χ3n) is 2.88. The number of aliphatic hydroxyl groups excluding tert-OH is 1. The van der Waals surface area contributed by atoms with E-state index < -0.39 is 10.0 Å². The summed E-state index contributed by atoms with van der Waals surface area (Å²) in [5.74, 6) is 0. The molecule has 0 atom stereocenters. The Morgan fingerprint density at radius 3 is 2.65 bits per heavy atom. The lowest BCUT2D eigenvalue weighted by Crippen LogP contribution is -2.25. The molecular formula is C13H24N2O4S. The van der Waals surface area contributed by atoms with Crippen molar-refractivity contribution in [3.63, 3.8) is 0 Å². The SMILES string of the molecule is CCCOCCCNS(=O)(=O)c1cc(CO)n(CC)c1. The largest absolute Gasteiger partial charge is 0.390 e. The van der Waals surface area contributed by atoms with Gasteiger partial charge in [0.2, 0.25) is 10.0 Å². The molecule has 7 heteroatoms. The molecule has 20 heavy (non-hydrogen) atoms. The second kappa shape index (κ2) is 8.41. The fraction of sp³-hybridized carbons (Fsp3) is 0.692. The predicted octanol–water partition coefficient (Wildman–Crippen LogP) is 1.10. The van der Waals surface area contributed by atoms with Gasteiger partial charge in [0, 0.05) is 38.2 Å². The molecule has 1 aromatic rings. The number of hydrogen-bond donors (Lipinski definition) is 2. The lowest BCUT2D eigenvalue weighted by molar-refractivity contribution is 0.133. The van der Waals surface area contributed by atoms with Crippen LogP contribution in [0.3, 0.4) is 0 Å². The van der Waals surface area contributed by atoms with Crippen molar-refractivity contribution >= 4 is 10.0 Å². The fourth-order valence-electron chi connectivity index (χ4n) is 1.81. The van der Waals surface area contributed by atoms with E-state index in [4.69, 9.17) is 4.74 Å². The minimum atomic E-state index is -3.51. The molecule has 0 aliphatic heterocycles. The monoisotopic (exact) mass is 304 g/mol. The van der Waals surface area contributed by atoms with Crippen molar-refractivity contribution in [2.75, 3.05) is 19.8 Å². The van der Waals surface area contributed by atoms with E-state index in [0.29, 0.717) is 38.4 Å². The number of aromatic nitrogens is 1. The summed E-state index contributed by atoms with van der Waals surface area (Å²) in [6.07, 6.45) is 3.14. The molecule has 0 saturated heterocycles. The van der Waals surface area contributed by atoms with Crippen LogP contribution in [0.15, 0.2) is 17.2 Å². The van der Waals surface area contributed by atoms with Crippen LogP contribution < -0.4 is 4.72 Å². The van der Waals surface area contributed by atoms with E-state index in [0.717, 1.165) is 6.42 Å². The molecule has 0 bridgehead atoms. The Morgan fingerprint density at radius 2 is 2.10 bits per heavy atom. The minimum absolute atomic E-state index is 0.172. The number of nitrogens with zero attached hydrogens (tertiary/aromatic N) is 1. The van der Waals surface area contributed by atoms with Crippen molar-refractivity contribution in [1.29, 1.82) is 0 Å². The zero-order chi connectivity index (χ0) is 15.0. The van der Waals surface area contributed by atoms with E-state index in [1.165, 1.54) is 6.07 Å². The maximum Gasteiger partial charge on any atom is 0.242 e. The van der Waals surface area contributed by atoms with Gasteiger partial charge in [0.05, 0.1) is 11.5 Å². The Morgan fingerprint density at radius 1 is 1.35 bits per heavy atom. The Balaban J connectivity index is 2.54. The summed E-state index contributed by atoms with van der Waals surface area (Å²) in [5.41, 5.74) is 0.596. The van der Waals surface area contributed by atoms with Crippen molar-refractivity contribution < 1.29 is 18.3 Å². The van der Waals surface area contributed by atoms with E-state index in [2.05, 4.69) is 4.72 Å². The third kappa shape index (κ3) is 4.90. The quantitative estimate of drug-likeness (QED) is 0.634. The number of ether oxygens (including phenoxy) is 1. The molecule has 116 valence electrons. The highest BCUT2D eigenvalue weighted by Gasteiger charge is 2.17. The molecule has 1 rings (SSSR count). The van der Waals surface area contributed by atoms with Crippen molar-refractivity contribution in [3.05, 3.63) is 18.0 Å². The van der Waals surface area contributed by atoms with Crippen LogP contribution in [0.2, 0.25) is 0 Å². The van der Waals surface area contributed by atoms with Gasteiger partial charge in [-0.05, 0) is 25.8 Å². The number of sulfonamides is 1. The van der Waals surface area contributed by atoms with Gasteiger partial charge in [-0.3, -0.25) is 0 Å². The average Bonchev–Trinajstić information content (AvgIpc) is 2.86. The van der Waals surface area contributed by atoms with Gasteiger partial charge in [-0.1, -0.05) is 6.92 Å². The van der Waals surface area contributed by atoms with Crippen molar-refractivity contribution in [1.82, 2.24) is 9.29 Å². The summed E-state index contributed by atoms with van der Waals surface area (Å²) >= 11 is 0. The molecule has 0 aliphatic rings. The number of aryl methyl sites for hydroxylation is 1. The van der Waals surface area contributed by atoms with Crippen LogP contribution in [-0.4, -0.2) is 37.8 Å². The van der Waals surface area contributed by atoms with Crippen molar-refractivity contribution in [2.24, 2.45) is 0 Å². The van der Waals surface area contributed by atoms with Gasteiger partial charge in [0.1, 0.15) is 0 Å². The highest BCUT2D eigenvalue weighted by atomic mass is 32.2. The Hall–Kier alpha value is -0.890. The van der Waals surface area contributed by atoms with Crippen molar-refractivity contribution in [2.45, 2.75) is 44.7 Å². The van der Waals surface area contributed by atoms with Gasteiger partial charge in [0.15, 0.2) is 0 Å². The highest BCUT2D eigenvalue weighted by Crippen LogP contribution is 2.14. The predicted molar refractivity (Wildman–Crippen MR) is 76.9 cm³/mol. The van der Waals surface area contributed by atoms with Crippen LogP contribution >= 0.6 is 0 Å². The van der Waals surface area contributed by atoms with Gasteiger partial charge >= 0.3 is 0 Å². The van der Waals surface area contributed by atoms with E-state index in [1.54, 1.807) is 10.8 Å². The summed E-state index contributed by atoms with van der Waals surface area (Å²) < 4.78 is 33.7. The second-order valence-electron chi connectivity index (χ2n) is 4.47. The molecule has 1 aromatic heterocycles. The van der Waals surface area contributed by atoms with Gasteiger partial charge in [-0.25, -0.2) is 13.1 Å². The smallest absolute Gasteiger partial charge is 0.242 e. The number of nitrogens with one attached hydrogen (secondary N) is 1.